The summed E-state index contributed by atoms with van der Waals surface area (Å²) in [6.07, 6.45) is 1.49. The molecule has 1 fully saturated rings. The van der Waals surface area contributed by atoms with Gasteiger partial charge in [0.05, 0.1) is 18.6 Å². The number of carbonyl (C=O) groups is 2. The van der Waals surface area contributed by atoms with Crippen LogP contribution in [0.15, 0.2) is 29.4 Å². The van der Waals surface area contributed by atoms with Crippen molar-refractivity contribution >= 4 is 23.6 Å². The van der Waals surface area contributed by atoms with Gasteiger partial charge in [0.2, 0.25) is 0 Å². The largest absolute Gasteiger partial charge is 0.466 e. The molecule has 2 unspecified atom stereocenters. The van der Waals surface area contributed by atoms with Crippen molar-refractivity contribution in [2.24, 2.45) is 5.92 Å². The molecular weight excluding hydrogens is 412 g/mol. The van der Waals surface area contributed by atoms with Crippen molar-refractivity contribution in [3.63, 3.8) is 0 Å². The molecule has 0 spiro atoms. The molecule has 1 aromatic heterocycles. The van der Waals surface area contributed by atoms with E-state index in [1.165, 1.54) is 22.0 Å². The third kappa shape index (κ3) is 4.41. The van der Waals surface area contributed by atoms with Crippen LogP contribution in [0.3, 0.4) is 0 Å². The molecule has 0 amide bonds. The van der Waals surface area contributed by atoms with Crippen LogP contribution in [0.1, 0.15) is 67.3 Å². The zero-order chi connectivity index (χ0) is 22.1. The van der Waals surface area contributed by atoms with Crippen molar-refractivity contribution in [3.8, 4) is 0 Å². The number of esters is 1. The number of aryl methyl sites for hydroxylation is 1. The van der Waals surface area contributed by atoms with Crippen molar-refractivity contribution in [2.45, 2.75) is 62.9 Å². The summed E-state index contributed by atoms with van der Waals surface area (Å²) in [6, 6.07) is 8.51. The number of thioether (sulfide) groups is 1. The van der Waals surface area contributed by atoms with Gasteiger partial charge >= 0.3 is 5.97 Å². The minimum absolute atomic E-state index is 0.0222. The van der Waals surface area contributed by atoms with Gasteiger partial charge in [-0.15, -0.1) is 5.10 Å². The predicted octanol–water partition coefficient (Wildman–Crippen LogP) is 3.84. The number of ether oxygens (including phenoxy) is 1. The number of hydrogen-bond acceptors (Lipinski definition) is 7. The Balaban J connectivity index is 1.59. The Bertz CT molecular complexity index is 948. The lowest BCUT2D eigenvalue weighted by Crippen LogP contribution is -2.44. The first-order chi connectivity index (χ1) is 14.9. The summed E-state index contributed by atoms with van der Waals surface area (Å²) in [4.78, 5) is 32.2. The first-order valence-corrected chi connectivity index (χ1v) is 11.9. The molecule has 0 bridgehead atoms. The highest BCUT2D eigenvalue weighted by atomic mass is 32.2. The molecule has 2 aromatic rings. The first-order valence-electron chi connectivity index (χ1n) is 11.0. The molecule has 2 aliphatic heterocycles. The van der Waals surface area contributed by atoms with Gasteiger partial charge in [0.25, 0.3) is 5.91 Å². The van der Waals surface area contributed by atoms with E-state index in [-0.39, 0.29) is 29.1 Å². The minimum Gasteiger partial charge on any atom is -0.466 e. The maximum Gasteiger partial charge on any atom is 0.309 e. The Morgan fingerprint density at radius 1 is 1.19 bits per heavy atom. The molecule has 31 heavy (non-hydrogen) atoms. The van der Waals surface area contributed by atoms with E-state index in [9.17, 15) is 9.59 Å². The van der Waals surface area contributed by atoms with Crippen molar-refractivity contribution in [1.82, 2.24) is 19.7 Å². The molecule has 0 radical (unpaired) electrons. The maximum absolute atomic E-state index is 13.2. The van der Waals surface area contributed by atoms with Gasteiger partial charge in [-0.05, 0) is 56.8 Å². The van der Waals surface area contributed by atoms with Gasteiger partial charge in [-0.3, -0.25) is 14.5 Å². The van der Waals surface area contributed by atoms with Gasteiger partial charge in [0, 0.05) is 0 Å². The Morgan fingerprint density at radius 2 is 1.84 bits per heavy atom. The average Bonchev–Trinajstić information content (AvgIpc) is 3.26. The van der Waals surface area contributed by atoms with Gasteiger partial charge in [0.1, 0.15) is 11.1 Å². The second kappa shape index (κ2) is 9.12. The van der Waals surface area contributed by atoms with Crippen LogP contribution in [0.5, 0.6) is 0 Å². The normalized spacial score (nSPS) is 20.8. The fraction of sp³-hybridized carbons (Fsp3) is 0.565. The summed E-state index contributed by atoms with van der Waals surface area (Å²) in [5.74, 6) is 0.874. The number of rotatable bonds is 6. The summed E-state index contributed by atoms with van der Waals surface area (Å²) in [6.45, 7) is 9.90. The Morgan fingerprint density at radius 3 is 2.42 bits per heavy atom. The van der Waals surface area contributed by atoms with Gasteiger partial charge < -0.3 is 4.74 Å². The molecule has 2 atom stereocenters. The smallest absolute Gasteiger partial charge is 0.309 e. The van der Waals surface area contributed by atoms with E-state index >= 15 is 0 Å². The maximum atomic E-state index is 13.2. The number of likely N-dealkylation sites (tertiary alicyclic amines) is 1. The van der Waals surface area contributed by atoms with E-state index in [0.29, 0.717) is 23.5 Å². The zero-order valence-corrected chi connectivity index (χ0v) is 19.4. The summed E-state index contributed by atoms with van der Waals surface area (Å²) < 4.78 is 6.67. The first kappa shape index (κ1) is 22.0. The summed E-state index contributed by atoms with van der Waals surface area (Å²) in [5.41, 5.74) is 2.39. The zero-order valence-electron chi connectivity index (χ0n) is 18.6. The highest BCUT2D eigenvalue weighted by Gasteiger charge is 2.44. The highest BCUT2D eigenvalue weighted by molar-refractivity contribution is 8.00. The fourth-order valence-corrected chi connectivity index (χ4v) is 5.73. The average molecular weight is 443 g/mol. The van der Waals surface area contributed by atoms with Crippen LogP contribution >= 0.6 is 11.8 Å². The summed E-state index contributed by atoms with van der Waals surface area (Å²) >= 11 is 1.49. The number of nitrogens with zero attached hydrogens (tertiary/aromatic N) is 4. The Hall–Kier alpha value is -2.19. The molecule has 4 rings (SSSR count). The van der Waals surface area contributed by atoms with Gasteiger partial charge in [-0.2, -0.15) is 4.68 Å². The molecule has 7 nitrogen and oxygen atoms in total. The van der Waals surface area contributed by atoms with Gasteiger partial charge in [-0.25, -0.2) is 4.98 Å². The lowest BCUT2D eigenvalue weighted by atomic mass is 9.92. The number of carbonyl (C=O) groups excluding carboxylic acids is 2. The standard InChI is InChI=1S/C23H30N4O3S/c1-5-30-22(29)18-10-12-26(13-11-18)19(17-8-6-16(7-9-17)14(2)3)20-21(28)27-23(31-20)24-15(4)25-27/h6-9,14,18-20H,5,10-13H2,1-4H3. The van der Waals surface area contributed by atoms with E-state index in [0.717, 1.165) is 31.5 Å². The van der Waals surface area contributed by atoms with Crippen LogP contribution < -0.4 is 0 Å². The molecule has 1 saturated heterocycles. The van der Waals surface area contributed by atoms with Crippen LogP contribution in [0, 0.1) is 12.8 Å². The molecule has 0 N–H and O–H groups in total. The van der Waals surface area contributed by atoms with Crippen LogP contribution in [0.2, 0.25) is 0 Å². The third-order valence-electron chi connectivity index (χ3n) is 6.14. The van der Waals surface area contributed by atoms with Crippen LogP contribution in [0.25, 0.3) is 0 Å². The summed E-state index contributed by atoms with van der Waals surface area (Å²) in [7, 11) is 0. The van der Waals surface area contributed by atoms with E-state index in [1.807, 2.05) is 6.92 Å². The molecular formula is C23H30N4O3S. The Kier molecular flexibility index (Phi) is 6.48. The topological polar surface area (TPSA) is 77.3 Å². The van der Waals surface area contributed by atoms with Crippen molar-refractivity contribution in [1.29, 1.82) is 0 Å². The molecule has 166 valence electrons. The van der Waals surface area contributed by atoms with E-state index in [4.69, 9.17) is 4.74 Å². The van der Waals surface area contributed by atoms with Gasteiger partial charge in [0.15, 0.2) is 5.16 Å². The lowest BCUT2D eigenvalue weighted by molar-refractivity contribution is -0.149. The third-order valence-corrected chi connectivity index (χ3v) is 7.33. The fourth-order valence-electron chi connectivity index (χ4n) is 4.43. The lowest BCUT2D eigenvalue weighted by Gasteiger charge is -2.39. The summed E-state index contributed by atoms with van der Waals surface area (Å²) in [5, 5.41) is 4.65. The molecule has 1 aromatic carbocycles. The van der Waals surface area contributed by atoms with E-state index < -0.39 is 0 Å². The molecule has 3 heterocycles. The van der Waals surface area contributed by atoms with E-state index in [2.05, 4.69) is 53.1 Å². The second-order valence-electron chi connectivity index (χ2n) is 8.56. The van der Waals surface area contributed by atoms with Crippen molar-refractivity contribution in [2.75, 3.05) is 19.7 Å². The number of fused-ring (bicyclic) bond motifs is 1. The van der Waals surface area contributed by atoms with E-state index in [1.54, 1.807) is 6.92 Å². The van der Waals surface area contributed by atoms with Gasteiger partial charge in [-0.1, -0.05) is 49.9 Å². The second-order valence-corrected chi connectivity index (χ2v) is 9.67. The number of aromatic nitrogens is 3. The molecule has 2 aliphatic rings. The minimum atomic E-state index is -0.306. The van der Waals surface area contributed by atoms with Crippen molar-refractivity contribution in [3.05, 3.63) is 41.2 Å². The number of piperidine rings is 1. The predicted molar refractivity (Wildman–Crippen MR) is 119 cm³/mol. The SMILES string of the molecule is CCOC(=O)C1CCN(C(c2ccc(C(C)C)cc2)C2Sc3nc(C)nn3C2=O)CC1. The number of hydrogen-bond donors (Lipinski definition) is 0. The monoisotopic (exact) mass is 442 g/mol. The quantitative estimate of drug-likeness (QED) is 0.629. The molecule has 8 heteroatoms. The number of benzene rings is 1. The highest BCUT2D eigenvalue weighted by Crippen LogP contribution is 2.42. The molecule has 0 aliphatic carbocycles. The Labute approximate surface area is 187 Å². The van der Waals surface area contributed by atoms with Crippen molar-refractivity contribution < 1.29 is 14.3 Å². The van der Waals surface area contributed by atoms with Crippen LogP contribution in [0.4, 0.5) is 0 Å². The van der Waals surface area contributed by atoms with Crippen LogP contribution in [-0.2, 0) is 9.53 Å². The van der Waals surface area contributed by atoms with Crippen LogP contribution in [-0.4, -0.2) is 56.5 Å². The molecule has 0 saturated carbocycles.